The van der Waals surface area contributed by atoms with Crippen LogP contribution in [0.25, 0.3) is 0 Å². The number of guanidine groups is 1. The van der Waals surface area contributed by atoms with Crippen molar-refractivity contribution in [2.75, 3.05) is 19.9 Å². The van der Waals surface area contributed by atoms with Crippen molar-refractivity contribution in [3.8, 4) is 11.5 Å². The molecule has 1 aromatic heterocycles. The quantitative estimate of drug-likeness (QED) is 0.243. The lowest BCUT2D eigenvalue weighted by Crippen LogP contribution is -2.40. The van der Waals surface area contributed by atoms with E-state index in [4.69, 9.17) is 14.5 Å². The molecule has 1 aliphatic heterocycles. The molecule has 0 radical (unpaired) electrons. The number of aryl methyl sites for hydroxylation is 1. The maximum Gasteiger partial charge on any atom is 0.231 e. The van der Waals surface area contributed by atoms with Crippen LogP contribution in [0.4, 0.5) is 0 Å². The molecule has 3 aromatic rings. The Morgan fingerprint density at radius 3 is 2.69 bits per heavy atom. The van der Waals surface area contributed by atoms with E-state index in [9.17, 15) is 0 Å². The standard InChI is InChI=1S/C23H28N6O2.HI/c1-2-22-28-27-16-29(22)13-12-25-23(26-15-19-6-4-3-5-7-19)24-11-10-18-8-9-20-21(14-18)31-17-30-20;/h3-9,14,16H,2,10-13,15,17H2,1H3,(H2,24,25,26);1H. The van der Waals surface area contributed by atoms with Crippen molar-refractivity contribution in [3.63, 3.8) is 0 Å². The number of nitrogens with zero attached hydrogens (tertiary/aromatic N) is 4. The van der Waals surface area contributed by atoms with Gasteiger partial charge in [0.15, 0.2) is 17.5 Å². The van der Waals surface area contributed by atoms with Crippen LogP contribution in [0.2, 0.25) is 0 Å². The summed E-state index contributed by atoms with van der Waals surface area (Å²) in [6.07, 6.45) is 3.49. The molecule has 0 atom stereocenters. The molecule has 2 aromatic carbocycles. The molecule has 32 heavy (non-hydrogen) atoms. The molecule has 170 valence electrons. The summed E-state index contributed by atoms with van der Waals surface area (Å²) in [4.78, 5) is 4.75. The van der Waals surface area contributed by atoms with E-state index < -0.39 is 0 Å². The van der Waals surface area contributed by atoms with Gasteiger partial charge < -0.3 is 24.7 Å². The maximum absolute atomic E-state index is 5.47. The zero-order valence-electron chi connectivity index (χ0n) is 18.2. The van der Waals surface area contributed by atoms with Crippen LogP contribution in [0.3, 0.4) is 0 Å². The van der Waals surface area contributed by atoms with Gasteiger partial charge in [0.25, 0.3) is 0 Å². The molecular formula is C23H29IN6O2. The van der Waals surface area contributed by atoms with Gasteiger partial charge in [-0.05, 0) is 29.7 Å². The van der Waals surface area contributed by atoms with Gasteiger partial charge in [-0.15, -0.1) is 34.2 Å². The van der Waals surface area contributed by atoms with Gasteiger partial charge in [0.2, 0.25) is 6.79 Å². The molecule has 2 heterocycles. The van der Waals surface area contributed by atoms with Gasteiger partial charge in [-0.2, -0.15) is 0 Å². The molecule has 0 saturated carbocycles. The van der Waals surface area contributed by atoms with E-state index in [1.54, 1.807) is 6.33 Å². The summed E-state index contributed by atoms with van der Waals surface area (Å²) in [5.41, 5.74) is 2.36. The fourth-order valence-corrected chi connectivity index (χ4v) is 3.38. The van der Waals surface area contributed by atoms with Crippen molar-refractivity contribution < 1.29 is 9.47 Å². The van der Waals surface area contributed by atoms with Crippen LogP contribution in [0.5, 0.6) is 11.5 Å². The number of nitrogens with one attached hydrogen (secondary N) is 2. The van der Waals surface area contributed by atoms with Gasteiger partial charge in [0.05, 0.1) is 6.54 Å². The molecular weight excluding hydrogens is 519 g/mol. The first-order valence-electron chi connectivity index (χ1n) is 10.6. The molecule has 1 aliphatic rings. The molecule has 0 aliphatic carbocycles. The van der Waals surface area contributed by atoms with Crippen LogP contribution < -0.4 is 20.1 Å². The highest BCUT2D eigenvalue weighted by Gasteiger charge is 2.13. The molecule has 4 rings (SSSR count). The van der Waals surface area contributed by atoms with E-state index in [-0.39, 0.29) is 24.0 Å². The second-order valence-corrected chi connectivity index (χ2v) is 7.24. The summed E-state index contributed by atoms with van der Waals surface area (Å²) in [7, 11) is 0. The third-order valence-electron chi connectivity index (χ3n) is 5.06. The second-order valence-electron chi connectivity index (χ2n) is 7.24. The number of ether oxygens (including phenoxy) is 2. The first-order chi connectivity index (χ1) is 15.3. The lowest BCUT2D eigenvalue weighted by atomic mass is 10.1. The highest BCUT2D eigenvalue weighted by atomic mass is 127. The first kappa shape index (κ1) is 23.8. The highest BCUT2D eigenvalue weighted by Crippen LogP contribution is 2.32. The number of benzene rings is 2. The van der Waals surface area contributed by atoms with Crippen LogP contribution >= 0.6 is 24.0 Å². The van der Waals surface area contributed by atoms with Gasteiger partial charge in [-0.25, -0.2) is 4.99 Å². The monoisotopic (exact) mass is 548 g/mol. The van der Waals surface area contributed by atoms with Gasteiger partial charge in [-0.1, -0.05) is 43.3 Å². The van der Waals surface area contributed by atoms with Crippen molar-refractivity contribution in [2.45, 2.75) is 32.9 Å². The maximum atomic E-state index is 5.47. The van der Waals surface area contributed by atoms with E-state index in [2.05, 4.69) is 50.5 Å². The number of rotatable bonds is 9. The smallest absolute Gasteiger partial charge is 0.231 e. The van der Waals surface area contributed by atoms with Crippen LogP contribution in [0.15, 0.2) is 59.9 Å². The van der Waals surface area contributed by atoms with Crippen molar-refractivity contribution in [1.29, 1.82) is 0 Å². The summed E-state index contributed by atoms with van der Waals surface area (Å²) in [5, 5.41) is 15.0. The van der Waals surface area contributed by atoms with Crippen LogP contribution in [0.1, 0.15) is 23.9 Å². The van der Waals surface area contributed by atoms with Crippen molar-refractivity contribution in [1.82, 2.24) is 25.4 Å². The topological polar surface area (TPSA) is 85.6 Å². The normalized spacial score (nSPS) is 12.3. The fraction of sp³-hybridized carbons (Fsp3) is 0.348. The zero-order valence-corrected chi connectivity index (χ0v) is 20.5. The Kier molecular flexibility index (Phi) is 9.14. The average molecular weight is 548 g/mol. The van der Waals surface area contributed by atoms with Gasteiger partial charge in [0.1, 0.15) is 12.2 Å². The molecule has 2 N–H and O–H groups in total. The van der Waals surface area contributed by atoms with Gasteiger partial charge >= 0.3 is 0 Å². The molecule has 9 heteroatoms. The predicted molar refractivity (Wildman–Crippen MR) is 135 cm³/mol. The number of fused-ring (bicyclic) bond motifs is 1. The lowest BCUT2D eigenvalue weighted by molar-refractivity contribution is 0.174. The average Bonchev–Trinajstić information content (AvgIpc) is 3.46. The molecule has 0 bridgehead atoms. The van der Waals surface area contributed by atoms with Crippen LogP contribution in [0, 0.1) is 0 Å². The zero-order chi connectivity index (χ0) is 21.3. The Balaban J connectivity index is 0.00000289. The minimum absolute atomic E-state index is 0. The van der Waals surface area contributed by atoms with Crippen molar-refractivity contribution in [3.05, 3.63) is 71.8 Å². The SMILES string of the molecule is CCc1nncn1CCNC(=NCc1ccccc1)NCCc1ccc2c(c1)OCO2.I. The summed E-state index contributed by atoms with van der Waals surface area (Å²) in [6, 6.07) is 16.3. The van der Waals surface area contributed by atoms with Crippen molar-refractivity contribution in [2.24, 2.45) is 4.99 Å². The van der Waals surface area contributed by atoms with E-state index in [0.717, 1.165) is 55.8 Å². The predicted octanol–water partition coefficient (Wildman–Crippen LogP) is 3.17. The Morgan fingerprint density at radius 2 is 1.84 bits per heavy atom. The molecule has 0 unspecified atom stereocenters. The summed E-state index contributed by atoms with van der Waals surface area (Å²) < 4.78 is 12.9. The van der Waals surface area contributed by atoms with E-state index in [1.165, 1.54) is 11.1 Å². The van der Waals surface area contributed by atoms with E-state index in [1.807, 2.05) is 30.3 Å². The molecule has 8 nitrogen and oxygen atoms in total. The molecule has 0 amide bonds. The van der Waals surface area contributed by atoms with Gasteiger partial charge in [0, 0.05) is 26.1 Å². The molecule has 0 fully saturated rings. The van der Waals surface area contributed by atoms with Gasteiger partial charge in [-0.3, -0.25) is 0 Å². The summed E-state index contributed by atoms with van der Waals surface area (Å²) in [5.74, 6) is 3.40. The first-order valence-corrected chi connectivity index (χ1v) is 10.6. The fourth-order valence-electron chi connectivity index (χ4n) is 3.38. The Hall–Kier alpha value is -2.82. The number of hydrogen-bond donors (Lipinski definition) is 2. The number of aliphatic imine (C=N–C) groups is 1. The molecule has 0 saturated heterocycles. The number of halogens is 1. The number of aromatic nitrogens is 3. The van der Waals surface area contributed by atoms with Crippen LogP contribution in [-0.2, 0) is 25.9 Å². The van der Waals surface area contributed by atoms with E-state index in [0.29, 0.717) is 13.3 Å². The van der Waals surface area contributed by atoms with Crippen molar-refractivity contribution >= 4 is 29.9 Å². The minimum atomic E-state index is 0. The van der Waals surface area contributed by atoms with Crippen LogP contribution in [-0.4, -0.2) is 40.6 Å². The highest BCUT2D eigenvalue weighted by molar-refractivity contribution is 14.0. The third kappa shape index (κ3) is 6.59. The second kappa shape index (κ2) is 12.3. The Labute approximate surface area is 205 Å². The number of hydrogen-bond acceptors (Lipinski definition) is 5. The summed E-state index contributed by atoms with van der Waals surface area (Å²) >= 11 is 0. The third-order valence-corrected chi connectivity index (χ3v) is 5.06. The largest absolute Gasteiger partial charge is 0.454 e. The minimum Gasteiger partial charge on any atom is -0.454 e. The Bertz CT molecular complexity index is 1010. The molecule has 0 spiro atoms. The lowest BCUT2D eigenvalue weighted by Gasteiger charge is -2.14. The summed E-state index contributed by atoms with van der Waals surface area (Å²) in [6.45, 7) is 5.27. The Morgan fingerprint density at radius 1 is 1.03 bits per heavy atom. The van der Waals surface area contributed by atoms with E-state index >= 15 is 0 Å².